The first-order chi connectivity index (χ1) is 33.6. The van der Waals surface area contributed by atoms with Gasteiger partial charge in [-0.2, -0.15) is 0 Å². The van der Waals surface area contributed by atoms with Crippen molar-refractivity contribution < 1.29 is 30.4 Å². The van der Waals surface area contributed by atoms with Gasteiger partial charge < -0.3 is 22.7 Å². The number of hydrogen-bond acceptors (Lipinski definition) is 11. The summed E-state index contributed by atoms with van der Waals surface area (Å²) in [7, 11) is -3.18. The molecule has 2 fully saturated rings. The van der Waals surface area contributed by atoms with Crippen molar-refractivity contribution in [1.29, 1.82) is 0 Å². The molecule has 6 aliphatic rings. The molecule has 17 heteroatoms. The van der Waals surface area contributed by atoms with Gasteiger partial charge in [-0.1, -0.05) is 19.9 Å². The monoisotopic (exact) mass is 988 g/mol. The molecule has 0 radical (unpaired) electrons. The highest BCUT2D eigenvalue weighted by molar-refractivity contribution is 7.89. The lowest BCUT2D eigenvalue weighted by atomic mass is 9.66. The lowest BCUT2D eigenvalue weighted by molar-refractivity contribution is 0.0269. The van der Waals surface area contributed by atoms with Gasteiger partial charge in [-0.05, 0) is 145 Å². The van der Waals surface area contributed by atoms with E-state index in [9.17, 15) is 8.42 Å². The average molecular weight is 989 g/mol. The van der Waals surface area contributed by atoms with E-state index in [1.54, 1.807) is 33.3 Å². The molecule has 0 bridgehead atoms. The van der Waals surface area contributed by atoms with Crippen LogP contribution in [0.3, 0.4) is 0 Å². The number of ether oxygens (including phenoxy) is 1. The molecule has 370 valence electrons. The minimum Gasteiger partial charge on any atom is -0.440 e. The molecule has 0 aliphatic carbocycles. The summed E-state index contributed by atoms with van der Waals surface area (Å²) in [6, 6.07) is 10.5. The van der Waals surface area contributed by atoms with Crippen LogP contribution in [0.25, 0.3) is 33.2 Å². The quantitative estimate of drug-likeness (QED) is 0.118. The van der Waals surface area contributed by atoms with Gasteiger partial charge >= 0.3 is 0 Å². The van der Waals surface area contributed by atoms with Gasteiger partial charge in [0.05, 0.1) is 50.3 Å². The topological polar surface area (TPSA) is 161 Å². The number of oxazole rings is 2. The zero-order valence-corrected chi connectivity index (χ0v) is 43.2. The third kappa shape index (κ3) is 6.53. The second-order valence-electron chi connectivity index (χ2n) is 20.9. The number of rotatable bonds is 13. The van der Waals surface area contributed by atoms with Gasteiger partial charge in [0.1, 0.15) is 22.9 Å². The van der Waals surface area contributed by atoms with E-state index >= 15 is 8.42 Å². The van der Waals surface area contributed by atoms with E-state index in [2.05, 4.69) is 49.7 Å². The average Bonchev–Trinajstić information content (AvgIpc) is 4.11. The first kappa shape index (κ1) is 46.2. The van der Waals surface area contributed by atoms with Crippen LogP contribution in [0.15, 0.2) is 67.2 Å². The summed E-state index contributed by atoms with van der Waals surface area (Å²) >= 11 is 0. The smallest absolute Gasteiger partial charge is 0.243 e. The molecule has 5 atom stereocenters. The van der Waals surface area contributed by atoms with Gasteiger partial charge in [-0.15, -0.1) is 0 Å². The molecule has 0 saturated carbocycles. The summed E-state index contributed by atoms with van der Waals surface area (Å²) in [6.07, 6.45) is 12.5. The van der Waals surface area contributed by atoms with E-state index in [0.717, 1.165) is 133 Å². The number of methoxy groups -OCH3 is 1. The molecule has 15 nitrogen and oxygen atoms in total. The summed E-state index contributed by atoms with van der Waals surface area (Å²) in [4.78, 5) is 15.8. The molecule has 1 unspecified atom stereocenters. The first-order valence-electron chi connectivity index (χ1n) is 25.2. The van der Waals surface area contributed by atoms with Gasteiger partial charge in [-0.25, -0.2) is 35.8 Å². The van der Waals surface area contributed by atoms with Crippen molar-refractivity contribution in [3.63, 3.8) is 0 Å². The van der Waals surface area contributed by atoms with Crippen LogP contribution in [0.4, 0.5) is 0 Å². The Morgan fingerprint density at radius 2 is 1.41 bits per heavy atom. The van der Waals surface area contributed by atoms with E-state index in [0.29, 0.717) is 36.1 Å². The van der Waals surface area contributed by atoms with Gasteiger partial charge in [0.15, 0.2) is 0 Å². The highest BCUT2D eigenvalue weighted by atomic mass is 32.2. The van der Waals surface area contributed by atoms with Crippen molar-refractivity contribution in [2.45, 2.75) is 120 Å². The third-order valence-electron chi connectivity index (χ3n) is 17.2. The Morgan fingerprint density at radius 3 is 2.03 bits per heavy atom. The van der Waals surface area contributed by atoms with Crippen LogP contribution >= 0.6 is 0 Å². The van der Waals surface area contributed by atoms with Crippen LogP contribution in [-0.2, 0) is 37.6 Å². The number of aryl methyl sites for hydroxylation is 3. The number of fused-ring (bicyclic) bond motifs is 6. The zero-order valence-electron chi connectivity index (χ0n) is 41.6. The molecular weight excluding hydrogens is 925 g/mol. The normalized spacial score (nSPS) is 24.8. The zero-order chi connectivity index (χ0) is 48.8. The summed E-state index contributed by atoms with van der Waals surface area (Å²) in [5, 5.41) is 1.65. The van der Waals surface area contributed by atoms with Crippen molar-refractivity contribution in [2.24, 2.45) is 10.8 Å². The van der Waals surface area contributed by atoms with Gasteiger partial charge in [-0.3, -0.25) is 9.80 Å². The summed E-state index contributed by atoms with van der Waals surface area (Å²) in [5.74, 6) is 2.14. The van der Waals surface area contributed by atoms with Crippen LogP contribution in [0, 0.1) is 31.6 Å². The van der Waals surface area contributed by atoms with Crippen molar-refractivity contribution in [2.75, 3.05) is 54.0 Å². The first-order valence-corrected chi connectivity index (χ1v) is 28.1. The summed E-state index contributed by atoms with van der Waals surface area (Å²) < 4.78 is 85.7. The summed E-state index contributed by atoms with van der Waals surface area (Å²) in [6.45, 7) is 14.3. The maximum absolute atomic E-state index is 15.4. The van der Waals surface area contributed by atoms with Crippen LogP contribution in [-0.4, -0.2) is 104 Å². The van der Waals surface area contributed by atoms with Crippen LogP contribution in [0.5, 0.6) is 0 Å². The number of hydrogen-bond donors (Lipinski definition) is 1. The number of piperidine rings is 2. The molecular formula is C53H64N8O7S2. The lowest BCUT2D eigenvalue weighted by Gasteiger charge is -2.53. The Kier molecular flexibility index (Phi) is 10.8. The van der Waals surface area contributed by atoms with Crippen molar-refractivity contribution in [3.05, 3.63) is 106 Å². The molecule has 0 spiro atoms. The SMILES string of the molecule is CC[C@@]12C=C(c3nc(C)c(C(CCOC)NS(=O)(=O)c4cccc5c4c4c6n5C(c5nc(C)c(C)o5)=C[C@]5(CC)CCCN(CC4)[C@H]65)o3)n3c4c(c5cc(S(=O)(=O)N(C)C)ccc53)CCN(CCC1)[C@H]42. The van der Waals surface area contributed by atoms with E-state index in [-0.39, 0.29) is 39.3 Å². The number of benzene rings is 2. The highest BCUT2D eigenvalue weighted by Gasteiger charge is 2.53. The lowest BCUT2D eigenvalue weighted by Crippen LogP contribution is -2.50. The fourth-order valence-corrected chi connectivity index (χ4v) is 16.1. The Labute approximate surface area is 410 Å². The van der Waals surface area contributed by atoms with Crippen molar-refractivity contribution in [3.8, 4) is 0 Å². The Morgan fingerprint density at radius 1 is 0.800 bits per heavy atom. The maximum Gasteiger partial charge on any atom is 0.243 e. The van der Waals surface area contributed by atoms with Crippen molar-refractivity contribution >= 4 is 53.2 Å². The minimum atomic E-state index is -4.23. The van der Waals surface area contributed by atoms with Gasteiger partial charge in [0, 0.05) is 73.9 Å². The third-order valence-corrected chi connectivity index (χ3v) is 20.6. The standard InChI is InChI=1S/C53H64N8O7S2/c1-9-52-21-12-23-58-25-18-35-37-28-34(70(64,65)57(6)7)16-17-39(37)60(45(35)48(52)58)42(30-52)51-55-32(4)47(68-51)38(20-27-66-8)56-69(62,63)43-15-11-14-40-44(43)36-19-26-59-24-13-22-53(10-2)29-41(61(40)46(36)49(53)59)50-54-31(3)33(5)67-50/h11,14-17,28-30,38,48-49,56H,9-10,12-13,18-27H2,1-8H3/t38?,48-,49-,52+,53+/m1/s1. The van der Waals surface area contributed by atoms with Crippen molar-refractivity contribution in [1.82, 2.24) is 37.9 Å². The van der Waals surface area contributed by atoms with Gasteiger partial charge in [0.2, 0.25) is 31.8 Å². The molecule has 70 heavy (non-hydrogen) atoms. The second kappa shape index (κ2) is 16.3. The highest BCUT2D eigenvalue weighted by Crippen LogP contribution is 2.60. The predicted octanol–water partition coefficient (Wildman–Crippen LogP) is 8.79. The molecule has 6 aromatic rings. The number of nitrogens with one attached hydrogen (secondary N) is 1. The van der Waals surface area contributed by atoms with E-state index < -0.39 is 26.1 Å². The minimum absolute atomic E-state index is 0.0978. The van der Waals surface area contributed by atoms with Crippen LogP contribution in [0.2, 0.25) is 0 Å². The molecule has 4 aromatic heterocycles. The van der Waals surface area contributed by atoms with E-state index in [4.69, 9.17) is 23.5 Å². The molecule has 1 N–H and O–H groups in total. The molecule has 6 aliphatic heterocycles. The predicted molar refractivity (Wildman–Crippen MR) is 268 cm³/mol. The number of sulfonamides is 2. The van der Waals surface area contributed by atoms with E-state index in [1.807, 2.05) is 45.0 Å². The Balaban J connectivity index is 0.982. The molecule has 12 rings (SSSR count). The summed E-state index contributed by atoms with van der Waals surface area (Å²) in [5.41, 5.74) is 8.97. The fourth-order valence-electron chi connectivity index (χ4n) is 13.7. The van der Waals surface area contributed by atoms with Gasteiger partial charge in [0.25, 0.3) is 0 Å². The Hall–Kier alpha value is -4.88. The molecule has 0 amide bonds. The second-order valence-corrected chi connectivity index (χ2v) is 24.8. The molecule has 2 saturated heterocycles. The molecule has 2 aromatic carbocycles. The van der Waals surface area contributed by atoms with E-state index in [1.165, 1.54) is 10.00 Å². The van der Waals surface area contributed by atoms with Crippen LogP contribution in [0.1, 0.15) is 134 Å². The van der Waals surface area contributed by atoms with Crippen LogP contribution < -0.4 is 4.72 Å². The Bertz CT molecular complexity index is 3430. The fraction of sp³-hybridized carbons (Fsp3) is 0.509. The number of aromatic nitrogens is 4. The number of nitrogens with zero attached hydrogens (tertiary/aromatic N) is 7. The largest absolute Gasteiger partial charge is 0.440 e. The molecule has 10 heterocycles. The maximum atomic E-state index is 15.4.